The Morgan fingerprint density at radius 3 is 2.22 bits per heavy atom. The summed E-state index contributed by atoms with van der Waals surface area (Å²) in [7, 11) is 0. The molecule has 18 heavy (non-hydrogen) atoms. The van der Waals surface area contributed by atoms with Gasteiger partial charge in [0.15, 0.2) is 0 Å². The van der Waals surface area contributed by atoms with Gasteiger partial charge < -0.3 is 5.32 Å². The van der Waals surface area contributed by atoms with E-state index in [2.05, 4.69) is 5.32 Å². The van der Waals surface area contributed by atoms with Gasteiger partial charge in [0.1, 0.15) is 5.82 Å². The summed E-state index contributed by atoms with van der Waals surface area (Å²) in [5.41, 5.74) is 0.101. The van der Waals surface area contributed by atoms with Gasteiger partial charge in [-0.1, -0.05) is 20.8 Å². The van der Waals surface area contributed by atoms with E-state index in [0.29, 0.717) is 5.69 Å². The number of nitrogens with one attached hydrogen (secondary N) is 1. The van der Waals surface area contributed by atoms with Gasteiger partial charge in [-0.25, -0.2) is 4.39 Å². The van der Waals surface area contributed by atoms with E-state index in [1.807, 2.05) is 20.8 Å². The normalized spacial score (nSPS) is 11.3. The van der Waals surface area contributed by atoms with Crippen molar-refractivity contribution < 1.29 is 9.31 Å². The van der Waals surface area contributed by atoms with Crippen molar-refractivity contribution in [3.8, 4) is 0 Å². The molecule has 0 saturated heterocycles. The average Bonchev–Trinajstić information content (AvgIpc) is 2.35. The lowest BCUT2D eigenvalue weighted by molar-refractivity contribution is -0.385. The molecule has 0 saturated carbocycles. The van der Waals surface area contributed by atoms with Crippen LogP contribution in [0.25, 0.3) is 0 Å². The maximum atomic E-state index is 13.3. The molecule has 5 heteroatoms. The summed E-state index contributed by atoms with van der Waals surface area (Å²) in [6, 6.07) is 3.60. The standard InChI is InChI=1S/C13H19FN2O2/c1-4-13(5-2,6-3)15-11-7-10(14)8-12(9-11)16(17)18/h7-9,15H,4-6H2,1-3H3. The van der Waals surface area contributed by atoms with Crippen LogP contribution < -0.4 is 5.32 Å². The monoisotopic (exact) mass is 254 g/mol. The van der Waals surface area contributed by atoms with Gasteiger partial charge in [-0.05, 0) is 25.3 Å². The number of hydrogen-bond donors (Lipinski definition) is 1. The van der Waals surface area contributed by atoms with Crippen molar-refractivity contribution in [2.24, 2.45) is 0 Å². The van der Waals surface area contributed by atoms with Crippen molar-refractivity contribution in [1.29, 1.82) is 0 Å². The van der Waals surface area contributed by atoms with E-state index < -0.39 is 10.7 Å². The molecule has 0 aliphatic heterocycles. The minimum absolute atomic E-state index is 0.137. The number of benzene rings is 1. The first-order valence-corrected chi connectivity index (χ1v) is 6.19. The molecule has 0 bridgehead atoms. The molecule has 0 heterocycles. The van der Waals surface area contributed by atoms with E-state index in [0.717, 1.165) is 25.3 Å². The van der Waals surface area contributed by atoms with E-state index in [4.69, 9.17) is 0 Å². The number of anilines is 1. The van der Waals surface area contributed by atoms with Crippen LogP contribution in [0.1, 0.15) is 40.0 Å². The average molecular weight is 254 g/mol. The molecular formula is C13H19FN2O2. The Kier molecular flexibility index (Phi) is 4.64. The van der Waals surface area contributed by atoms with Crippen molar-refractivity contribution in [2.45, 2.75) is 45.6 Å². The summed E-state index contributed by atoms with van der Waals surface area (Å²) in [4.78, 5) is 10.1. The molecule has 0 atom stereocenters. The van der Waals surface area contributed by atoms with Crippen LogP contribution in [0.5, 0.6) is 0 Å². The highest BCUT2D eigenvalue weighted by Crippen LogP contribution is 2.28. The van der Waals surface area contributed by atoms with Crippen LogP contribution in [-0.4, -0.2) is 10.5 Å². The molecule has 100 valence electrons. The smallest absolute Gasteiger partial charge is 0.274 e. The van der Waals surface area contributed by atoms with Crippen LogP contribution in [0.3, 0.4) is 0 Å². The van der Waals surface area contributed by atoms with Crippen molar-refractivity contribution in [3.05, 3.63) is 34.1 Å². The number of nitro groups is 1. The lowest BCUT2D eigenvalue weighted by Crippen LogP contribution is -2.36. The van der Waals surface area contributed by atoms with Gasteiger partial charge in [0.25, 0.3) is 5.69 Å². The highest BCUT2D eigenvalue weighted by molar-refractivity contribution is 5.53. The first kappa shape index (κ1) is 14.4. The summed E-state index contributed by atoms with van der Waals surface area (Å²) in [6.45, 7) is 6.15. The highest BCUT2D eigenvalue weighted by atomic mass is 19.1. The number of nitro benzene ring substituents is 1. The topological polar surface area (TPSA) is 55.2 Å². The van der Waals surface area contributed by atoms with Crippen LogP contribution in [0.4, 0.5) is 15.8 Å². The molecule has 4 nitrogen and oxygen atoms in total. The molecule has 0 spiro atoms. The minimum Gasteiger partial charge on any atom is -0.379 e. The Balaban J connectivity index is 3.06. The van der Waals surface area contributed by atoms with Gasteiger partial charge in [0.2, 0.25) is 0 Å². The van der Waals surface area contributed by atoms with E-state index in [1.54, 1.807) is 0 Å². The summed E-state index contributed by atoms with van der Waals surface area (Å²) in [6.07, 6.45) is 2.64. The summed E-state index contributed by atoms with van der Waals surface area (Å²) >= 11 is 0. The third kappa shape index (κ3) is 3.18. The quantitative estimate of drug-likeness (QED) is 0.613. The molecule has 0 aliphatic rings. The zero-order chi connectivity index (χ0) is 13.8. The lowest BCUT2D eigenvalue weighted by Gasteiger charge is -2.33. The fraction of sp³-hybridized carbons (Fsp3) is 0.538. The van der Waals surface area contributed by atoms with Crippen molar-refractivity contribution in [3.63, 3.8) is 0 Å². The summed E-state index contributed by atoms with van der Waals surface area (Å²) in [5, 5.41) is 13.9. The molecule has 1 aromatic carbocycles. The number of halogens is 1. The molecule has 0 aromatic heterocycles. The zero-order valence-corrected chi connectivity index (χ0v) is 11.0. The molecule has 1 aromatic rings. The van der Waals surface area contributed by atoms with E-state index >= 15 is 0 Å². The Labute approximate surface area is 106 Å². The number of non-ortho nitro benzene ring substituents is 1. The zero-order valence-electron chi connectivity index (χ0n) is 11.0. The predicted octanol–water partition coefficient (Wildman–Crippen LogP) is 4.11. The summed E-state index contributed by atoms with van der Waals surface area (Å²) in [5.74, 6) is -0.594. The number of nitrogens with zero attached hydrogens (tertiary/aromatic N) is 1. The van der Waals surface area contributed by atoms with Crippen LogP contribution in [-0.2, 0) is 0 Å². The highest BCUT2D eigenvalue weighted by Gasteiger charge is 2.24. The molecule has 0 unspecified atom stereocenters. The molecule has 1 rings (SSSR count). The third-order valence-electron chi connectivity index (χ3n) is 3.53. The molecule has 0 radical (unpaired) electrons. The second kappa shape index (κ2) is 5.80. The van der Waals surface area contributed by atoms with E-state index in [9.17, 15) is 14.5 Å². The predicted molar refractivity (Wildman–Crippen MR) is 70.3 cm³/mol. The van der Waals surface area contributed by atoms with Gasteiger partial charge in [0, 0.05) is 17.3 Å². The number of hydrogen-bond acceptors (Lipinski definition) is 3. The van der Waals surface area contributed by atoms with E-state index in [-0.39, 0.29) is 11.2 Å². The maximum Gasteiger partial charge on any atom is 0.274 e. The fourth-order valence-corrected chi connectivity index (χ4v) is 2.07. The maximum absolute atomic E-state index is 13.3. The fourth-order valence-electron chi connectivity index (χ4n) is 2.07. The van der Waals surface area contributed by atoms with E-state index in [1.165, 1.54) is 12.1 Å². The molecule has 0 fully saturated rings. The Morgan fingerprint density at radius 1 is 1.22 bits per heavy atom. The lowest BCUT2D eigenvalue weighted by atomic mass is 9.89. The van der Waals surface area contributed by atoms with Crippen LogP contribution in [0.2, 0.25) is 0 Å². The largest absolute Gasteiger partial charge is 0.379 e. The minimum atomic E-state index is -0.594. The Hall–Kier alpha value is -1.65. The second-order valence-electron chi connectivity index (χ2n) is 4.42. The van der Waals surface area contributed by atoms with Gasteiger partial charge in [0.05, 0.1) is 11.0 Å². The molecule has 0 amide bonds. The van der Waals surface area contributed by atoms with Gasteiger partial charge in [-0.2, -0.15) is 0 Å². The molecular weight excluding hydrogens is 235 g/mol. The number of rotatable bonds is 6. The van der Waals surface area contributed by atoms with Gasteiger partial charge in [-0.3, -0.25) is 10.1 Å². The van der Waals surface area contributed by atoms with Crippen molar-refractivity contribution >= 4 is 11.4 Å². The molecule has 1 N–H and O–H groups in total. The Morgan fingerprint density at radius 2 is 1.78 bits per heavy atom. The second-order valence-corrected chi connectivity index (χ2v) is 4.42. The van der Waals surface area contributed by atoms with Crippen LogP contribution in [0, 0.1) is 15.9 Å². The van der Waals surface area contributed by atoms with Crippen molar-refractivity contribution in [2.75, 3.05) is 5.32 Å². The first-order chi connectivity index (χ1) is 8.46. The van der Waals surface area contributed by atoms with Crippen molar-refractivity contribution in [1.82, 2.24) is 0 Å². The van der Waals surface area contributed by atoms with Gasteiger partial charge >= 0.3 is 0 Å². The van der Waals surface area contributed by atoms with Crippen LogP contribution >= 0.6 is 0 Å². The SMILES string of the molecule is CCC(CC)(CC)Nc1cc(F)cc([N+](=O)[O-])c1. The van der Waals surface area contributed by atoms with Crippen LogP contribution in [0.15, 0.2) is 18.2 Å². The molecule has 0 aliphatic carbocycles. The Bertz CT molecular complexity index is 423. The van der Waals surface area contributed by atoms with Gasteiger partial charge in [-0.15, -0.1) is 0 Å². The first-order valence-electron chi connectivity index (χ1n) is 6.19. The third-order valence-corrected chi connectivity index (χ3v) is 3.53. The summed E-state index contributed by atoms with van der Waals surface area (Å²) < 4.78 is 13.3.